The Balaban J connectivity index is 1.29. The van der Waals surface area contributed by atoms with Crippen LogP contribution in [-0.4, -0.2) is 52.0 Å². The minimum Gasteiger partial charge on any atom is -0.384 e. The lowest BCUT2D eigenvalue weighted by Crippen LogP contribution is -2.36. The van der Waals surface area contributed by atoms with Crippen molar-refractivity contribution < 1.29 is 9.53 Å². The number of anilines is 2. The summed E-state index contributed by atoms with van der Waals surface area (Å²) < 4.78 is 6.48. The van der Waals surface area contributed by atoms with Crippen molar-refractivity contribution in [2.24, 2.45) is 0 Å². The van der Waals surface area contributed by atoms with Crippen LogP contribution in [-0.2, 0) is 11.2 Å². The SMILES string of the molecule is Nc1ccc(-c2cccc(C(=O)Cc3cc4sc(N5CCOCC5)nc4nc3C3CC3)n2)cn1. The van der Waals surface area contributed by atoms with E-state index < -0.39 is 0 Å². The molecule has 172 valence electrons. The number of nitrogens with zero attached hydrogens (tertiary/aromatic N) is 5. The Hall–Kier alpha value is -3.43. The summed E-state index contributed by atoms with van der Waals surface area (Å²) in [5.41, 5.74) is 10.4. The third kappa shape index (κ3) is 4.24. The molecule has 1 saturated heterocycles. The van der Waals surface area contributed by atoms with Gasteiger partial charge in [0.25, 0.3) is 0 Å². The quantitative estimate of drug-likeness (QED) is 0.422. The summed E-state index contributed by atoms with van der Waals surface area (Å²) in [6.07, 6.45) is 4.16. The Kier molecular flexibility index (Phi) is 5.43. The van der Waals surface area contributed by atoms with E-state index in [0.717, 1.165) is 71.4 Å². The van der Waals surface area contributed by atoms with Crippen molar-refractivity contribution >= 4 is 38.4 Å². The van der Waals surface area contributed by atoms with Crippen molar-refractivity contribution in [3.8, 4) is 11.3 Å². The number of carbonyl (C=O) groups excluding carboxylic acids is 1. The molecule has 0 unspecified atom stereocenters. The zero-order chi connectivity index (χ0) is 23.1. The first-order valence-electron chi connectivity index (χ1n) is 11.5. The van der Waals surface area contributed by atoms with Gasteiger partial charge in [-0.2, -0.15) is 4.98 Å². The molecule has 0 radical (unpaired) electrons. The second kappa shape index (κ2) is 8.73. The highest BCUT2D eigenvalue weighted by molar-refractivity contribution is 7.22. The smallest absolute Gasteiger partial charge is 0.188 e. The predicted molar refractivity (Wildman–Crippen MR) is 132 cm³/mol. The summed E-state index contributed by atoms with van der Waals surface area (Å²) in [5, 5.41) is 0.975. The second-order valence-corrected chi connectivity index (χ2v) is 9.71. The average Bonchev–Trinajstić information content (AvgIpc) is 3.63. The molecule has 1 aliphatic carbocycles. The maximum Gasteiger partial charge on any atom is 0.188 e. The van der Waals surface area contributed by atoms with Gasteiger partial charge in [-0.25, -0.2) is 15.0 Å². The Bertz CT molecular complexity index is 1360. The van der Waals surface area contributed by atoms with E-state index >= 15 is 0 Å². The summed E-state index contributed by atoms with van der Waals surface area (Å²) in [6, 6.07) is 11.2. The number of morpholine rings is 1. The highest BCUT2D eigenvalue weighted by Gasteiger charge is 2.30. The van der Waals surface area contributed by atoms with Crippen molar-refractivity contribution in [3.05, 3.63) is 59.5 Å². The standard InChI is InChI=1S/C25H24N6O2S/c26-22-7-6-16(14-27-22)18-2-1-3-19(28-18)20(32)12-17-13-21-24(29-23(17)15-4-5-15)30-25(34-21)31-8-10-33-11-9-31/h1-3,6-7,13-15H,4-5,8-12H2,(H2,26,27). The Morgan fingerprint density at radius 1 is 1.12 bits per heavy atom. The van der Waals surface area contributed by atoms with Gasteiger partial charge in [-0.3, -0.25) is 4.79 Å². The average molecular weight is 473 g/mol. The fraction of sp³-hybridized carbons (Fsp3) is 0.320. The van der Waals surface area contributed by atoms with Gasteiger partial charge in [0.1, 0.15) is 11.5 Å². The van der Waals surface area contributed by atoms with Crippen LogP contribution in [0, 0.1) is 0 Å². The molecule has 0 atom stereocenters. The molecule has 1 aliphatic heterocycles. The fourth-order valence-corrected chi connectivity index (χ4v) is 5.24. The third-order valence-electron chi connectivity index (χ3n) is 6.20. The Morgan fingerprint density at radius 2 is 1.97 bits per heavy atom. The molecule has 6 rings (SSSR count). The highest BCUT2D eigenvalue weighted by Crippen LogP contribution is 2.42. The van der Waals surface area contributed by atoms with Crippen molar-refractivity contribution in [1.29, 1.82) is 0 Å². The van der Waals surface area contributed by atoms with Gasteiger partial charge in [-0.1, -0.05) is 17.4 Å². The number of ether oxygens (including phenoxy) is 1. The summed E-state index contributed by atoms with van der Waals surface area (Å²) in [7, 11) is 0. The van der Waals surface area contributed by atoms with Gasteiger partial charge < -0.3 is 15.4 Å². The number of hydrogen-bond donors (Lipinski definition) is 1. The molecule has 2 N–H and O–H groups in total. The Morgan fingerprint density at radius 3 is 2.74 bits per heavy atom. The van der Waals surface area contributed by atoms with Crippen LogP contribution in [0.3, 0.4) is 0 Å². The van der Waals surface area contributed by atoms with E-state index in [1.165, 1.54) is 0 Å². The normalized spacial score (nSPS) is 16.2. The lowest BCUT2D eigenvalue weighted by atomic mass is 10.0. The van der Waals surface area contributed by atoms with Crippen LogP contribution < -0.4 is 10.6 Å². The molecular weight excluding hydrogens is 448 g/mol. The molecule has 0 spiro atoms. The van der Waals surface area contributed by atoms with Gasteiger partial charge in [0, 0.05) is 42.9 Å². The molecule has 0 amide bonds. The number of fused-ring (bicyclic) bond motifs is 1. The number of Topliss-reactive ketones (excluding diaryl/α,β-unsaturated/α-hetero) is 1. The zero-order valence-electron chi connectivity index (χ0n) is 18.6. The molecule has 1 saturated carbocycles. The first-order valence-corrected chi connectivity index (χ1v) is 12.3. The number of ketones is 1. The molecule has 9 heteroatoms. The summed E-state index contributed by atoms with van der Waals surface area (Å²) in [4.78, 5) is 34.0. The zero-order valence-corrected chi connectivity index (χ0v) is 19.4. The van der Waals surface area contributed by atoms with Crippen LogP contribution in [0.2, 0.25) is 0 Å². The molecule has 8 nitrogen and oxygen atoms in total. The summed E-state index contributed by atoms with van der Waals surface area (Å²) in [6.45, 7) is 3.11. The van der Waals surface area contributed by atoms with E-state index in [0.29, 0.717) is 23.1 Å². The number of hydrogen-bond acceptors (Lipinski definition) is 9. The minimum absolute atomic E-state index is 0.0220. The van der Waals surface area contributed by atoms with Crippen LogP contribution in [0.1, 0.15) is 40.5 Å². The third-order valence-corrected chi connectivity index (χ3v) is 7.25. The van der Waals surface area contributed by atoms with Crippen molar-refractivity contribution in [1.82, 2.24) is 19.9 Å². The van der Waals surface area contributed by atoms with Crippen LogP contribution in [0.4, 0.5) is 10.9 Å². The monoisotopic (exact) mass is 472 g/mol. The van der Waals surface area contributed by atoms with Gasteiger partial charge in [-0.05, 0) is 48.7 Å². The van der Waals surface area contributed by atoms with E-state index in [2.05, 4.69) is 20.9 Å². The van der Waals surface area contributed by atoms with Crippen LogP contribution in [0.5, 0.6) is 0 Å². The van der Waals surface area contributed by atoms with Crippen LogP contribution in [0.25, 0.3) is 21.6 Å². The molecule has 2 aliphatic rings. The number of nitrogen functional groups attached to an aromatic ring is 1. The van der Waals surface area contributed by atoms with E-state index in [1.54, 1.807) is 29.7 Å². The fourth-order valence-electron chi connectivity index (χ4n) is 4.22. The van der Waals surface area contributed by atoms with Gasteiger partial charge >= 0.3 is 0 Å². The number of carbonyl (C=O) groups is 1. The predicted octanol–water partition coefficient (Wildman–Crippen LogP) is 3.87. The topological polar surface area (TPSA) is 107 Å². The number of pyridine rings is 3. The molecule has 4 aromatic rings. The summed E-state index contributed by atoms with van der Waals surface area (Å²) in [5.74, 6) is 0.846. The highest BCUT2D eigenvalue weighted by atomic mass is 32.1. The van der Waals surface area contributed by atoms with Gasteiger partial charge in [0.05, 0.1) is 23.6 Å². The maximum absolute atomic E-state index is 13.3. The number of thiazole rings is 1. The summed E-state index contributed by atoms with van der Waals surface area (Å²) >= 11 is 1.64. The van der Waals surface area contributed by atoms with E-state index in [4.69, 9.17) is 20.4 Å². The number of rotatable bonds is 6. The molecule has 34 heavy (non-hydrogen) atoms. The number of nitrogens with two attached hydrogens (primary N) is 1. The molecule has 0 bridgehead atoms. The minimum atomic E-state index is -0.0220. The van der Waals surface area contributed by atoms with E-state index in [-0.39, 0.29) is 12.2 Å². The lowest BCUT2D eigenvalue weighted by Gasteiger charge is -2.25. The van der Waals surface area contributed by atoms with E-state index in [9.17, 15) is 4.79 Å². The van der Waals surface area contributed by atoms with Gasteiger partial charge in [-0.15, -0.1) is 0 Å². The molecule has 2 fully saturated rings. The molecular formula is C25H24N6O2S. The largest absolute Gasteiger partial charge is 0.384 e. The van der Waals surface area contributed by atoms with Crippen molar-refractivity contribution in [2.45, 2.75) is 25.2 Å². The first-order chi connectivity index (χ1) is 16.6. The number of aromatic nitrogens is 4. The van der Waals surface area contributed by atoms with Crippen LogP contribution in [0.15, 0.2) is 42.6 Å². The van der Waals surface area contributed by atoms with E-state index in [1.807, 2.05) is 18.2 Å². The molecule has 0 aromatic carbocycles. The second-order valence-electron chi connectivity index (χ2n) is 8.70. The van der Waals surface area contributed by atoms with Crippen molar-refractivity contribution in [2.75, 3.05) is 36.9 Å². The van der Waals surface area contributed by atoms with Gasteiger partial charge in [0.2, 0.25) is 0 Å². The van der Waals surface area contributed by atoms with Crippen LogP contribution >= 0.6 is 11.3 Å². The van der Waals surface area contributed by atoms with Gasteiger partial charge in [0.15, 0.2) is 16.6 Å². The Labute approximate surface area is 200 Å². The molecule has 5 heterocycles. The lowest BCUT2D eigenvalue weighted by molar-refractivity contribution is 0.0988. The first kappa shape index (κ1) is 21.1. The molecule has 4 aromatic heterocycles. The maximum atomic E-state index is 13.3. The van der Waals surface area contributed by atoms with Crippen molar-refractivity contribution in [3.63, 3.8) is 0 Å².